The first-order chi connectivity index (χ1) is 9.36. The number of methoxy groups -OCH3 is 1. The molecule has 1 unspecified atom stereocenters. The van der Waals surface area contributed by atoms with Crippen LogP contribution in [0.2, 0.25) is 0 Å². The Labute approximate surface area is 116 Å². The van der Waals surface area contributed by atoms with Crippen molar-refractivity contribution in [2.45, 2.75) is 26.3 Å². The maximum atomic E-state index is 12.0. The Balaban J connectivity index is 2.95. The molecule has 110 valence electrons. The Morgan fingerprint density at radius 2 is 2.10 bits per heavy atom. The summed E-state index contributed by atoms with van der Waals surface area (Å²) in [5.74, 6) is -1.87. The molecule has 0 fully saturated rings. The van der Waals surface area contributed by atoms with Crippen LogP contribution in [-0.4, -0.2) is 41.7 Å². The second-order valence-corrected chi connectivity index (χ2v) is 4.49. The fraction of sp³-hybridized carbons (Fsp3) is 0.462. The quantitative estimate of drug-likeness (QED) is 0.691. The molecule has 1 aromatic heterocycles. The minimum atomic E-state index is -1.17. The van der Waals surface area contributed by atoms with Crippen molar-refractivity contribution in [3.63, 3.8) is 0 Å². The van der Waals surface area contributed by atoms with E-state index in [1.165, 1.54) is 7.11 Å². The molecule has 0 aliphatic rings. The monoisotopic (exact) mass is 282 g/mol. The van der Waals surface area contributed by atoms with Crippen molar-refractivity contribution < 1.29 is 19.4 Å². The standard InChI is InChI=1S/C13H18N2O5/c1-7-6-8(2)14-11(16)10(7)12(17)15-9(13(18)19)4-5-20-3/h6,9H,4-5H2,1-3H3,(H,14,16)(H,15,17)(H,18,19). The molecule has 0 saturated carbocycles. The van der Waals surface area contributed by atoms with E-state index in [0.29, 0.717) is 11.3 Å². The van der Waals surface area contributed by atoms with Crippen molar-refractivity contribution in [2.75, 3.05) is 13.7 Å². The lowest BCUT2D eigenvalue weighted by molar-refractivity contribution is -0.139. The first-order valence-electron chi connectivity index (χ1n) is 6.10. The number of nitrogens with one attached hydrogen (secondary N) is 2. The number of aromatic nitrogens is 1. The normalized spacial score (nSPS) is 11.9. The number of pyridine rings is 1. The predicted molar refractivity (Wildman–Crippen MR) is 71.9 cm³/mol. The Kier molecular flexibility index (Phi) is 5.45. The molecule has 1 rings (SSSR count). The van der Waals surface area contributed by atoms with Gasteiger partial charge in [0.2, 0.25) is 0 Å². The smallest absolute Gasteiger partial charge is 0.326 e. The molecular formula is C13H18N2O5. The number of carbonyl (C=O) groups is 2. The van der Waals surface area contributed by atoms with E-state index in [1.54, 1.807) is 19.9 Å². The molecule has 1 heterocycles. The fourth-order valence-electron chi connectivity index (χ4n) is 1.86. The van der Waals surface area contributed by atoms with Crippen LogP contribution < -0.4 is 10.9 Å². The molecule has 1 atom stereocenters. The van der Waals surface area contributed by atoms with Crippen molar-refractivity contribution in [3.8, 4) is 0 Å². The van der Waals surface area contributed by atoms with Crippen LogP contribution in [0.1, 0.15) is 28.0 Å². The highest BCUT2D eigenvalue weighted by Crippen LogP contribution is 2.04. The van der Waals surface area contributed by atoms with Crippen LogP contribution >= 0.6 is 0 Å². The van der Waals surface area contributed by atoms with Crippen LogP contribution in [0.25, 0.3) is 0 Å². The molecule has 0 spiro atoms. The molecule has 1 aromatic rings. The maximum Gasteiger partial charge on any atom is 0.326 e. The average Bonchev–Trinajstić information content (AvgIpc) is 2.32. The Hall–Kier alpha value is -2.15. The summed E-state index contributed by atoms with van der Waals surface area (Å²) in [7, 11) is 1.44. The number of H-pyrrole nitrogens is 1. The largest absolute Gasteiger partial charge is 0.480 e. The van der Waals surface area contributed by atoms with Gasteiger partial charge in [-0.2, -0.15) is 0 Å². The zero-order valence-electron chi connectivity index (χ0n) is 11.6. The molecule has 7 nitrogen and oxygen atoms in total. The van der Waals surface area contributed by atoms with Gasteiger partial charge >= 0.3 is 5.97 Å². The number of hydrogen-bond donors (Lipinski definition) is 3. The number of rotatable bonds is 6. The van der Waals surface area contributed by atoms with E-state index >= 15 is 0 Å². The predicted octanol–water partition coefficient (Wildman–Crippen LogP) is 0.211. The van der Waals surface area contributed by atoms with E-state index in [0.717, 1.165) is 0 Å². The molecule has 0 radical (unpaired) electrons. The van der Waals surface area contributed by atoms with Crippen molar-refractivity contribution >= 4 is 11.9 Å². The third-order valence-corrected chi connectivity index (χ3v) is 2.81. The zero-order chi connectivity index (χ0) is 15.3. The first kappa shape index (κ1) is 15.9. The number of carboxylic acid groups (broad SMARTS) is 1. The Morgan fingerprint density at radius 1 is 1.45 bits per heavy atom. The summed E-state index contributed by atoms with van der Waals surface area (Å²) in [6.45, 7) is 3.53. The number of hydrogen-bond acceptors (Lipinski definition) is 4. The number of aromatic amines is 1. The maximum absolute atomic E-state index is 12.0. The number of amides is 1. The van der Waals surface area contributed by atoms with Gasteiger partial charge in [-0.3, -0.25) is 9.59 Å². The summed E-state index contributed by atoms with van der Waals surface area (Å²) in [6.07, 6.45) is 0.125. The van der Waals surface area contributed by atoms with Crippen molar-refractivity contribution in [1.29, 1.82) is 0 Å². The van der Waals surface area contributed by atoms with Gasteiger partial charge in [0.05, 0.1) is 0 Å². The van der Waals surface area contributed by atoms with Crippen molar-refractivity contribution in [1.82, 2.24) is 10.3 Å². The van der Waals surface area contributed by atoms with Gasteiger partial charge in [0.15, 0.2) is 0 Å². The third-order valence-electron chi connectivity index (χ3n) is 2.81. The average molecular weight is 282 g/mol. The van der Waals surface area contributed by atoms with Gasteiger partial charge in [0, 0.05) is 25.8 Å². The fourth-order valence-corrected chi connectivity index (χ4v) is 1.86. The minimum absolute atomic E-state index is 0.0701. The number of aryl methyl sites for hydroxylation is 2. The third kappa shape index (κ3) is 3.92. The van der Waals surface area contributed by atoms with E-state index in [2.05, 4.69) is 10.3 Å². The minimum Gasteiger partial charge on any atom is -0.480 e. The van der Waals surface area contributed by atoms with Gasteiger partial charge in [0.25, 0.3) is 11.5 Å². The molecule has 0 bridgehead atoms. The number of carboxylic acids is 1. The van der Waals surface area contributed by atoms with Gasteiger partial charge < -0.3 is 20.1 Å². The lowest BCUT2D eigenvalue weighted by Gasteiger charge is -2.14. The van der Waals surface area contributed by atoms with Gasteiger partial charge in [0.1, 0.15) is 11.6 Å². The molecule has 0 saturated heterocycles. The summed E-state index contributed by atoms with van der Waals surface area (Å²) in [6, 6.07) is 0.559. The highest BCUT2D eigenvalue weighted by molar-refractivity contribution is 5.97. The van der Waals surface area contributed by atoms with Crippen LogP contribution in [0, 0.1) is 13.8 Å². The second-order valence-electron chi connectivity index (χ2n) is 4.49. The summed E-state index contributed by atoms with van der Waals surface area (Å²) in [5.41, 5.74) is 0.535. The number of aliphatic carboxylic acids is 1. The first-order valence-corrected chi connectivity index (χ1v) is 6.10. The topological polar surface area (TPSA) is 108 Å². The molecule has 3 N–H and O–H groups in total. The van der Waals surface area contributed by atoms with Crippen LogP contribution in [0.5, 0.6) is 0 Å². The molecular weight excluding hydrogens is 264 g/mol. The van der Waals surface area contributed by atoms with Gasteiger partial charge in [-0.05, 0) is 25.5 Å². The van der Waals surface area contributed by atoms with Crippen molar-refractivity contribution in [2.24, 2.45) is 0 Å². The summed E-state index contributed by atoms with van der Waals surface area (Å²) in [5, 5.41) is 11.4. The highest BCUT2D eigenvalue weighted by Gasteiger charge is 2.23. The summed E-state index contributed by atoms with van der Waals surface area (Å²) in [4.78, 5) is 37.4. The van der Waals surface area contributed by atoms with Gasteiger partial charge in [-0.1, -0.05) is 0 Å². The Morgan fingerprint density at radius 3 is 2.60 bits per heavy atom. The molecule has 7 heteroatoms. The molecule has 0 aliphatic carbocycles. The lowest BCUT2D eigenvalue weighted by Crippen LogP contribution is -2.43. The molecule has 0 aliphatic heterocycles. The summed E-state index contributed by atoms with van der Waals surface area (Å²) < 4.78 is 4.79. The van der Waals surface area contributed by atoms with Gasteiger partial charge in [-0.15, -0.1) is 0 Å². The van der Waals surface area contributed by atoms with Crippen LogP contribution in [0.15, 0.2) is 10.9 Å². The molecule has 20 heavy (non-hydrogen) atoms. The molecule has 1 amide bonds. The Bertz CT molecular complexity index is 564. The number of carbonyl (C=O) groups excluding carboxylic acids is 1. The van der Waals surface area contributed by atoms with Gasteiger partial charge in [-0.25, -0.2) is 4.79 Å². The van der Waals surface area contributed by atoms with Crippen LogP contribution in [0.3, 0.4) is 0 Å². The zero-order valence-corrected chi connectivity index (χ0v) is 11.6. The summed E-state index contributed by atoms with van der Waals surface area (Å²) >= 11 is 0. The van der Waals surface area contributed by atoms with E-state index < -0.39 is 23.5 Å². The SMILES string of the molecule is COCCC(NC(=O)c1c(C)cc(C)[nH]c1=O)C(=O)O. The van der Waals surface area contributed by atoms with E-state index in [4.69, 9.17) is 9.84 Å². The lowest BCUT2D eigenvalue weighted by atomic mass is 10.1. The van der Waals surface area contributed by atoms with E-state index in [1.807, 2.05) is 0 Å². The van der Waals surface area contributed by atoms with Crippen LogP contribution in [-0.2, 0) is 9.53 Å². The van der Waals surface area contributed by atoms with Crippen molar-refractivity contribution in [3.05, 3.63) is 33.2 Å². The highest BCUT2D eigenvalue weighted by atomic mass is 16.5. The van der Waals surface area contributed by atoms with E-state index in [9.17, 15) is 14.4 Å². The molecule has 0 aromatic carbocycles. The van der Waals surface area contributed by atoms with Crippen LogP contribution in [0.4, 0.5) is 0 Å². The number of ether oxygens (including phenoxy) is 1. The second kappa shape index (κ2) is 6.85. The van der Waals surface area contributed by atoms with E-state index in [-0.39, 0.29) is 18.6 Å².